The van der Waals surface area contributed by atoms with E-state index in [-0.39, 0.29) is 18.4 Å². The highest BCUT2D eigenvalue weighted by Crippen LogP contribution is 2.21. The van der Waals surface area contributed by atoms with Gasteiger partial charge in [-0.15, -0.1) is 11.3 Å². The van der Waals surface area contributed by atoms with Gasteiger partial charge in [-0.3, -0.25) is 9.59 Å². The monoisotopic (exact) mass is 389 g/mol. The maximum absolute atomic E-state index is 12.9. The van der Waals surface area contributed by atoms with Crippen LogP contribution >= 0.6 is 11.3 Å². The normalized spacial score (nSPS) is 10.7. The molecule has 0 spiro atoms. The lowest BCUT2D eigenvalue weighted by molar-refractivity contribution is -0.116. The Morgan fingerprint density at radius 2 is 1.89 bits per heavy atom. The van der Waals surface area contributed by atoms with Gasteiger partial charge in [0.1, 0.15) is 6.54 Å². The predicted octanol–water partition coefficient (Wildman–Crippen LogP) is 3.58. The molecule has 0 bridgehead atoms. The molecule has 2 aromatic rings. The molecule has 0 aliphatic carbocycles. The van der Waals surface area contributed by atoms with Crippen molar-refractivity contribution in [1.82, 2.24) is 9.88 Å². The van der Waals surface area contributed by atoms with Crippen LogP contribution in [0.4, 0.5) is 5.13 Å². The van der Waals surface area contributed by atoms with E-state index in [0.29, 0.717) is 36.9 Å². The molecule has 1 aromatic heterocycles. The highest BCUT2D eigenvalue weighted by Gasteiger charge is 2.19. The first-order chi connectivity index (χ1) is 12.9. The van der Waals surface area contributed by atoms with E-state index in [1.54, 1.807) is 17.0 Å². The maximum Gasteiger partial charge on any atom is 0.254 e. The van der Waals surface area contributed by atoms with Gasteiger partial charge in [0.15, 0.2) is 5.13 Å². The van der Waals surface area contributed by atoms with E-state index < -0.39 is 0 Å². The second-order valence-corrected chi connectivity index (χ2v) is 7.56. The summed E-state index contributed by atoms with van der Waals surface area (Å²) in [4.78, 5) is 32.3. The Hall–Kier alpha value is -2.25. The van der Waals surface area contributed by atoms with Gasteiger partial charge in [-0.2, -0.15) is 0 Å². The summed E-state index contributed by atoms with van der Waals surface area (Å²) >= 11 is 1.43. The first-order valence-corrected chi connectivity index (χ1v) is 9.90. The summed E-state index contributed by atoms with van der Waals surface area (Å²) in [5.74, 6) is -0.409. The van der Waals surface area contributed by atoms with E-state index in [2.05, 4.69) is 10.3 Å². The number of aryl methyl sites for hydroxylation is 3. The molecule has 0 aliphatic heterocycles. The molecule has 6 nitrogen and oxygen atoms in total. The first-order valence-electron chi connectivity index (χ1n) is 9.08. The summed E-state index contributed by atoms with van der Waals surface area (Å²) in [6.45, 7) is 9.40. The molecular formula is C20H27N3O3S. The molecule has 0 aliphatic rings. The second-order valence-electron chi connectivity index (χ2n) is 6.35. The molecule has 0 saturated heterocycles. The molecule has 27 heavy (non-hydrogen) atoms. The number of nitrogens with zero attached hydrogens (tertiary/aromatic N) is 2. The fourth-order valence-corrected chi connectivity index (χ4v) is 3.32. The molecule has 0 radical (unpaired) electrons. The van der Waals surface area contributed by atoms with Crippen molar-refractivity contribution < 1.29 is 14.3 Å². The van der Waals surface area contributed by atoms with Crippen molar-refractivity contribution in [3.63, 3.8) is 0 Å². The maximum atomic E-state index is 12.9. The van der Waals surface area contributed by atoms with Crippen molar-refractivity contribution in [2.75, 3.05) is 31.6 Å². The summed E-state index contributed by atoms with van der Waals surface area (Å²) in [5.41, 5.74) is 2.56. The highest BCUT2D eigenvalue weighted by molar-refractivity contribution is 7.15. The minimum absolute atomic E-state index is 0.0174. The summed E-state index contributed by atoms with van der Waals surface area (Å²) in [7, 11) is 0. The number of benzene rings is 1. The average Bonchev–Trinajstić information content (AvgIpc) is 2.94. The zero-order valence-electron chi connectivity index (χ0n) is 16.4. The quantitative estimate of drug-likeness (QED) is 0.666. The molecule has 1 N–H and O–H groups in total. The number of rotatable bonds is 9. The van der Waals surface area contributed by atoms with E-state index in [1.807, 2.05) is 39.8 Å². The number of ether oxygens (including phenoxy) is 1. The fourth-order valence-electron chi connectivity index (χ4n) is 2.49. The number of nitrogens with one attached hydrogen (secondary N) is 1. The van der Waals surface area contributed by atoms with Crippen LogP contribution in [0.25, 0.3) is 0 Å². The van der Waals surface area contributed by atoms with Crippen LogP contribution in [-0.2, 0) is 9.53 Å². The Labute approximate surface area is 164 Å². The van der Waals surface area contributed by atoms with Crippen LogP contribution in [0.1, 0.15) is 39.8 Å². The van der Waals surface area contributed by atoms with Crippen molar-refractivity contribution in [3.8, 4) is 0 Å². The highest BCUT2D eigenvalue weighted by atomic mass is 32.1. The van der Waals surface area contributed by atoms with E-state index in [9.17, 15) is 9.59 Å². The van der Waals surface area contributed by atoms with Gasteiger partial charge >= 0.3 is 0 Å². The third-order valence-electron chi connectivity index (χ3n) is 4.12. The third kappa shape index (κ3) is 6.45. The summed E-state index contributed by atoms with van der Waals surface area (Å²) in [6, 6.07) is 7.37. The third-order valence-corrected chi connectivity index (χ3v) is 5.10. The van der Waals surface area contributed by atoms with Gasteiger partial charge in [-0.25, -0.2) is 4.98 Å². The number of anilines is 1. The van der Waals surface area contributed by atoms with Crippen molar-refractivity contribution >= 4 is 28.3 Å². The number of aromatic nitrogens is 1. The molecule has 1 aromatic carbocycles. The van der Waals surface area contributed by atoms with Crippen molar-refractivity contribution in [2.45, 2.75) is 34.1 Å². The van der Waals surface area contributed by atoms with Gasteiger partial charge in [0.2, 0.25) is 5.91 Å². The molecule has 0 fully saturated rings. The Morgan fingerprint density at radius 3 is 2.48 bits per heavy atom. The minimum Gasteiger partial charge on any atom is -0.382 e. The zero-order valence-corrected chi connectivity index (χ0v) is 17.2. The van der Waals surface area contributed by atoms with Gasteiger partial charge < -0.3 is 15.0 Å². The summed E-state index contributed by atoms with van der Waals surface area (Å²) < 4.78 is 5.35. The van der Waals surface area contributed by atoms with Crippen molar-refractivity contribution in [2.24, 2.45) is 0 Å². The van der Waals surface area contributed by atoms with E-state index >= 15 is 0 Å². The minimum atomic E-state index is -0.249. The standard InChI is InChI=1S/C20H27N3O3S/c1-5-26-12-6-11-23(19(25)17-9-7-14(2)8-10-17)13-18(24)22-20-21-15(3)16(4)27-20/h7-10H,5-6,11-13H2,1-4H3,(H,21,22,24). The lowest BCUT2D eigenvalue weighted by Gasteiger charge is -2.22. The molecular weight excluding hydrogens is 362 g/mol. The van der Waals surface area contributed by atoms with Gasteiger partial charge in [-0.05, 0) is 46.2 Å². The Balaban J connectivity index is 2.04. The number of hydrogen-bond acceptors (Lipinski definition) is 5. The molecule has 7 heteroatoms. The number of carbonyl (C=O) groups is 2. The molecule has 0 saturated carbocycles. The van der Waals surface area contributed by atoms with Gasteiger partial charge in [0.25, 0.3) is 5.91 Å². The number of carbonyl (C=O) groups excluding carboxylic acids is 2. The topological polar surface area (TPSA) is 71.5 Å². The van der Waals surface area contributed by atoms with Crippen molar-refractivity contribution in [1.29, 1.82) is 0 Å². The van der Waals surface area contributed by atoms with Gasteiger partial charge in [0.05, 0.1) is 5.69 Å². The lowest BCUT2D eigenvalue weighted by Crippen LogP contribution is -2.39. The molecule has 1 heterocycles. The largest absolute Gasteiger partial charge is 0.382 e. The van der Waals surface area contributed by atoms with Crippen LogP contribution < -0.4 is 5.32 Å². The van der Waals surface area contributed by atoms with Crippen LogP contribution in [0.2, 0.25) is 0 Å². The lowest BCUT2D eigenvalue weighted by atomic mass is 10.1. The van der Waals surface area contributed by atoms with E-state index in [4.69, 9.17) is 4.74 Å². The van der Waals surface area contributed by atoms with Crippen LogP contribution in [0.15, 0.2) is 24.3 Å². The molecule has 2 rings (SSSR count). The smallest absolute Gasteiger partial charge is 0.254 e. The molecule has 0 atom stereocenters. The number of hydrogen-bond donors (Lipinski definition) is 1. The summed E-state index contributed by atoms with van der Waals surface area (Å²) in [5, 5.41) is 3.36. The summed E-state index contributed by atoms with van der Waals surface area (Å²) in [6.07, 6.45) is 0.675. The molecule has 146 valence electrons. The SMILES string of the molecule is CCOCCCN(CC(=O)Nc1nc(C)c(C)s1)C(=O)c1ccc(C)cc1. The van der Waals surface area contributed by atoms with Crippen molar-refractivity contribution in [3.05, 3.63) is 46.0 Å². The Bertz CT molecular complexity index is 752. The van der Waals surface area contributed by atoms with Gasteiger partial charge in [-0.1, -0.05) is 17.7 Å². The van der Waals surface area contributed by atoms with Gasteiger partial charge in [0, 0.05) is 30.2 Å². The van der Waals surface area contributed by atoms with E-state index in [0.717, 1.165) is 16.1 Å². The Morgan fingerprint density at radius 1 is 1.19 bits per heavy atom. The number of amides is 2. The second kappa shape index (κ2) is 10.2. The van der Waals surface area contributed by atoms with Crippen LogP contribution in [0.3, 0.4) is 0 Å². The predicted molar refractivity (Wildman–Crippen MR) is 108 cm³/mol. The first kappa shape index (κ1) is 21.1. The Kier molecular flexibility index (Phi) is 7.94. The molecule has 0 unspecified atom stereocenters. The number of thiazole rings is 1. The van der Waals surface area contributed by atoms with Crippen LogP contribution in [-0.4, -0.2) is 48.0 Å². The van der Waals surface area contributed by atoms with E-state index in [1.165, 1.54) is 11.3 Å². The zero-order chi connectivity index (χ0) is 19.8. The average molecular weight is 390 g/mol. The molecule has 2 amide bonds. The van der Waals surface area contributed by atoms with Crippen LogP contribution in [0, 0.1) is 20.8 Å². The fraction of sp³-hybridized carbons (Fsp3) is 0.450. The van der Waals surface area contributed by atoms with Crippen LogP contribution in [0.5, 0.6) is 0 Å².